The molecule has 4 aromatic rings. The molecule has 0 fully saturated rings. The van der Waals surface area contributed by atoms with E-state index in [1.165, 1.54) is 17.4 Å². The van der Waals surface area contributed by atoms with Crippen LogP contribution >= 0.6 is 11.3 Å². The van der Waals surface area contributed by atoms with Crippen LogP contribution < -0.4 is 0 Å². The summed E-state index contributed by atoms with van der Waals surface area (Å²) in [6, 6.07) is 18.3. The van der Waals surface area contributed by atoms with Gasteiger partial charge in [-0.1, -0.05) is 36.4 Å². The average Bonchev–Trinajstić information content (AvgIpc) is 3.36. The van der Waals surface area contributed by atoms with Crippen molar-refractivity contribution >= 4 is 39.2 Å². The second-order valence-electron chi connectivity index (χ2n) is 5.95. The molecule has 1 aliphatic rings. The number of rotatable bonds is 2. The summed E-state index contributed by atoms with van der Waals surface area (Å²) in [7, 11) is 0. The van der Waals surface area contributed by atoms with Crippen molar-refractivity contribution in [2.75, 3.05) is 0 Å². The van der Waals surface area contributed by atoms with Crippen LogP contribution in [0.1, 0.15) is 26.5 Å². The van der Waals surface area contributed by atoms with Crippen molar-refractivity contribution in [3.63, 3.8) is 0 Å². The number of nitrogens with zero attached hydrogens (tertiary/aromatic N) is 1. The molecule has 0 amide bonds. The highest BCUT2D eigenvalue weighted by Crippen LogP contribution is 2.33. The van der Waals surface area contributed by atoms with Gasteiger partial charge in [-0.05, 0) is 30.3 Å². The van der Waals surface area contributed by atoms with E-state index in [0.717, 1.165) is 15.2 Å². The standard InChI is InChI=1S/C21H11NO3S/c23-19-13-5-1-2-6-14(13)20(24)15(19)11-12-9-10-17(25-12)21-22-16-7-3-4-8-18(16)26-21/h1-11H. The topological polar surface area (TPSA) is 60.2 Å². The molecule has 0 atom stereocenters. The summed E-state index contributed by atoms with van der Waals surface area (Å²) in [6.07, 6.45) is 1.52. The first-order chi connectivity index (χ1) is 12.7. The number of fused-ring (bicyclic) bond motifs is 2. The van der Waals surface area contributed by atoms with Crippen LogP contribution in [0.3, 0.4) is 0 Å². The molecular formula is C21H11NO3S. The Labute approximate surface area is 152 Å². The SMILES string of the molecule is O=C1C(=Cc2ccc(-c3nc4ccccc4s3)o2)C(=O)c2ccccc21. The minimum Gasteiger partial charge on any atom is -0.454 e. The zero-order valence-electron chi connectivity index (χ0n) is 13.4. The van der Waals surface area contributed by atoms with Crippen molar-refractivity contribution in [2.45, 2.75) is 0 Å². The summed E-state index contributed by atoms with van der Waals surface area (Å²) < 4.78 is 6.90. The predicted molar refractivity (Wildman–Crippen MR) is 100 cm³/mol. The first-order valence-corrected chi connectivity index (χ1v) is 8.88. The molecule has 0 unspecified atom stereocenters. The highest BCUT2D eigenvalue weighted by Gasteiger charge is 2.32. The molecule has 4 nitrogen and oxygen atoms in total. The quantitative estimate of drug-likeness (QED) is 0.373. The number of aromatic nitrogens is 1. The van der Waals surface area contributed by atoms with Gasteiger partial charge in [0.1, 0.15) is 5.76 Å². The van der Waals surface area contributed by atoms with Gasteiger partial charge < -0.3 is 4.42 Å². The van der Waals surface area contributed by atoms with Crippen molar-refractivity contribution < 1.29 is 14.0 Å². The molecule has 2 aromatic heterocycles. The number of ketones is 2. The summed E-state index contributed by atoms with van der Waals surface area (Å²) in [5, 5.41) is 0.767. The summed E-state index contributed by atoms with van der Waals surface area (Å²) in [5.74, 6) is 0.560. The van der Waals surface area contributed by atoms with E-state index < -0.39 is 0 Å². The third-order valence-electron chi connectivity index (χ3n) is 4.32. The van der Waals surface area contributed by atoms with Gasteiger partial charge in [-0.3, -0.25) is 9.59 Å². The van der Waals surface area contributed by atoms with Crippen LogP contribution in [-0.4, -0.2) is 16.6 Å². The van der Waals surface area contributed by atoms with Gasteiger partial charge in [-0.2, -0.15) is 0 Å². The van der Waals surface area contributed by atoms with Crippen LogP contribution in [0.5, 0.6) is 0 Å². The van der Waals surface area contributed by atoms with Gasteiger partial charge in [0.25, 0.3) is 0 Å². The lowest BCUT2D eigenvalue weighted by molar-refractivity contribution is 0.0990. The fraction of sp³-hybridized carbons (Fsp3) is 0. The van der Waals surface area contributed by atoms with Crippen molar-refractivity contribution in [1.82, 2.24) is 4.98 Å². The molecule has 1 aliphatic carbocycles. The number of furan rings is 1. The van der Waals surface area contributed by atoms with E-state index in [9.17, 15) is 9.59 Å². The first kappa shape index (κ1) is 15.0. The Hall–Kier alpha value is -3.31. The molecule has 0 saturated heterocycles. The van der Waals surface area contributed by atoms with Crippen molar-refractivity contribution in [3.05, 3.63) is 83.1 Å². The van der Waals surface area contributed by atoms with Gasteiger partial charge in [0.2, 0.25) is 0 Å². The summed E-state index contributed by atoms with van der Waals surface area (Å²) in [4.78, 5) is 29.5. The van der Waals surface area contributed by atoms with E-state index in [1.807, 2.05) is 24.3 Å². The van der Waals surface area contributed by atoms with Crippen molar-refractivity contribution in [1.29, 1.82) is 0 Å². The lowest BCUT2D eigenvalue weighted by Gasteiger charge is -1.92. The van der Waals surface area contributed by atoms with Crippen molar-refractivity contribution in [3.8, 4) is 10.8 Å². The minimum atomic E-state index is -0.261. The van der Waals surface area contributed by atoms with Gasteiger partial charge in [0, 0.05) is 11.1 Å². The number of carbonyl (C=O) groups excluding carboxylic acids is 2. The second kappa shape index (κ2) is 5.61. The number of thiazole rings is 1. The number of carbonyl (C=O) groups is 2. The lowest BCUT2D eigenvalue weighted by atomic mass is 10.1. The van der Waals surface area contributed by atoms with E-state index in [2.05, 4.69) is 4.98 Å². The van der Waals surface area contributed by atoms with Crippen LogP contribution in [0.2, 0.25) is 0 Å². The van der Waals surface area contributed by atoms with Crippen LogP contribution in [0, 0.1) is 0 Å². The number of allylic oxidation sites excluding steroid dienone is 1. The molecule has 0 N–H and O–H groups in total. The monoisotopic (exact) mass is 357 g/mol. The van der Waals surface area contributed by atoms with E-state index in [-0.39, 0.29) is 17.1 Å². The Morgan fingerprint density at radius 3 is 2.27 bits per heavy atom. The third kappa shape index (κ3) is 2.25. The summed E-state index contributed by atoms with van der Waals surface area (Å²) in [6.45, 7) is 0. The van der Waals surface area contributed by atoms with Crippen molar-refractivity contribution in [2.24, 2.45) is 0 Å². The highest BCUT2D eigenvalue weighted by atomic mass is 32.1. The van der Waals surface area contributed by atoms with E-state index >= 15 is 0 Å². The Bertz CT molecular complexity index is 1160. The molecule has 0 bridgehead atoms. The fourth-order valence-electron chi connectivity index (χ4n) is 3.07. The van der Waals surface area contributed by atoms with Gasteiger partial charge >= 0.3 is 0 Å². The molecule has 124 valence electrons. The summed E-state index contributed by atoms with van der Waals surface area (Å²) >= 11 is 1.54. The Kier molecular flexibility index (Phi) is 3.23. The Morgan fingerprint density at radius 1 is 0.846 bits per heavy atom. The number of para-hydroxylation sites is 1. The maximum absolute atomic E-state index is 12.5. The molecule has 2 aromatic carbocycles. The number of hydrogen-bond donors (Lipinski definition) is 0. The van der Waals surface area contributed by atoms with Gasteiger partial charge in [-0.15, -0.1) is 11.3 Å². The molecule has 0 spiro atoms. The zero-order chi connectivity index (χ0) is 17.7. The zero-order valence-corrected chi connectivity index (χ0v) is 14.2. The van der Waals surface area contributed by atoms with E-state index in [1.54, 1.807) is 36.4 Å². The van der Waals surface area contributed by atoms with Gasteiger partial charge in [-0.25, -0.2) is 4.98 Å². The molecule has 0 aliphatic heterocycles. The third-order valence-corrected chi connectivity index (χ3v) is 5.37. The number of Topliss-reactive ketones (excluding diaryl/α,β-unsaturated/α-hetero) is 2. The first-order valence-electron chi connectivity index (χ1n) is 8.06. The second-order valence-corrected chi connectivity index (χ2v) is 6.98. The maximum Gasteiger partial charge on any atom is 0.197 e. The van der Waals surface area contributed by atoms with Crippen LogP contribution in [0.25, 0.3) is 27.1 Å². The van der Waals surface area contributed by atoms with Crippen LogP contribution in [0.4, 0.5) is 0 Å². The van der Waals surface area contributed by atoms with Crippen LogP contribution in [0.15, 0.2) is 70.7 Å². The fourth-order valence-corrected chi connectivity index (χ4v) is 4.00. The molecule has 26 heavy (non-hydrogen) atoms. The van der Waals surface area contributed by atoms with Crippen LogP contribution in [-0.2, 0) is 0 Å². The van der Waals surface area contributed by atoms with E-state index in [0.29, 0.717) is 22.6 Å². The normalized spacial score (nSPS) is 13.5. The lowest BCUT2D eigenvalue weighted by Crippen LogP contribution is -1.99. The van der Waals surface area contributed by atoms with E-state index in [4.69, 9.17) is 4.42 Å². The molecule has 0 saturated carbocycles. The number of hydrogen-bond acceptors (Lipinski definition) is 5. The largest absolute Gasteiger partial charge is 0.454 e. The average molecular weight is 357 g/mol. The Morgan fingerprint density at radius 2 is 1.54 bits per heavy atom. The minimum absolute atomic E-state index is 0.136. The molecule has 2 heterocycles. The maximum atomic E-state index is 12.5. The Balaban J connectivity index is 1.52. The number of benzene rings is 2. The summed E-state index contributed by atoms with van der Waals surface area (Å²) in [5.41, 5.74) is 1.94. The predicted octanol–water partition coefficient (Wildman–Crippen LogP) is 5.02. The van der Waals surface area contributed by atoms with Gasteiger partial charge in [0.05, 0.1) is 15.8 Å². The highest BCUT2D eigenvalue weighted by molar-refractivity contribution is 7.21. The molecule has 0 radical (unpaired) electrons. The van der Waals surface area contributed by atoms with Gasteiger partial charge in [0.15, 0.2) is 22.3 Å². The molecule has 5 heteroatoms. The smallest absolute Gasteiger partial charge is 0.197 e. The molecular weight excluding hydrogens is 346 g/mol. The molecule has 5 rings (SSSR count).